The SMILES string of the molecule is COC(=O)C1CCN(c2ncnc(N3CCN(c4cccc(C)c4C)CC3)c2N)CC1. The number of carbonyl (C=O) groups is 1. The van der Waals surface area contributed by atoms with E-state index in [0.717, 1.165) is 63.7 Å². The van der Waals surface area contributed by atoms with Crippen LogP contribution >= 0.6 is 0 Å². The quantitative estimate of drug-likeness (QED) is 0.749. The molecule has 2 fully saturated rings. The maximum absolute atomic E-state index is 11.8. The van der Waals surface area contributed by atoms with Gasteiger partial charge in [-0.15, -0.1) is 0 Å². The highest BCUT2D eigenvalue weighted by molar-refractivity contribution is 5.77. The van der Waals surface area contributed by atoms with E-state index in [2.05, 4.69) is 56.7 Å². The summed E-state index contributed by atoms with van der Waals surface area (Å²) in [4.78, 5) is 27.6. The Bertz CT molecular complexity index is 934. The molecule has 3 heterocycles. The monoisotopic (exact) mass is 424 g/mol. The molecule has 2 aliphatic rings. The van der Waals surface area contributed by atoms with E-state index in [1.165, 1.54) is 23.9 Å². The van der Waals surface area contributed by atoms with E-state index in [0.29, 0.717) is 5.69 Å². The molecular weight excluding hydrogens is 392 g/mol. The Hall–Kier alpha value is -3.03. The molecule has 4 rings (SSSR count). The van der Waals surface area contributed by atoms with Gasteiger partial charge in [0.2, 0.25) is 0 Å². The van der Waals surface area contributed by atoms with E-state index in [-0.39, 0.29) is 11.9 Å². The average molecular weight is 425 g/mol. The number of aromatic nitrogens is 2. The summed E-state index contributed by atoms with van der Waals surface area (Å²) < 4.78 is 4.89. The van der Waals surface area contributed by atoms with Crippen molar-refractivity contribution < 1.29 is 9.53 Å². The van der Waals surface area contributed by atoms with Crippen LogP contribution in [0.2, 0.25) is 0 Å². The van der Waals surface area contributed by atoms with Gasteiger partial charge in [-0.25, -0.2) is 9.97 Å². The number of ether oxygens (including phenoxy) is 1. The minimum Gasteiger partial charge on any atom is -0.469 e. The number of hydrogen-bond acceptors (Lipinski definition) is 8. The highest BCUT2D eigenvalue weighted by atomic mass is 16.5. The molecule has 2 aliphatic heterocycles. The lowest BCUT2D eigenvalue weighted by atomic mass is 9.97. The number of nitrogen functional groups attached to an aromatic ring is 1. The van der Waals surface area contributed by atoms with Crippen LogP contribution in [0.3, 0.4) is 0 Å². The normalized spacial score (nSPS) is 17.7. The number of nitrogens with zero attached hydrogens (tertiary/aromatic N) is 5. The summed E-state index contributed by atoms with van der Waals surface area (Å²) in [6, 6.07) is 6.49. The van der Waals surface area contributed by atoms with Gasteiger partial charge in [-0.2, -0.15) is 0 Å². The summed E-state index contributed by atoms with van der Waals surface area (Å²) in [5.41, 5.74) is 11.1. The van der Waals surface area contributed by atoms with Crippen LogP contribution in [0.25, 0.3) is 0 Å². The zero-order valence-corrected chi connectivity index (χ0v) is 18.7. The lowest BCUT2D eigenvalue weighted by molar-refractivity contribution is -0.146. The second kappa shape index (κ2) is 8.99. The van der Waals surface area contributed by atoms with E-state index in [1.807, 2.05) is 0 Å². The minimum atomic E-state index is -0.127. The van der Waals surface area contributed by atoms with Gasteiger partial charge in [0.25, 0.3) is 0 Å². The van der Waals surface area contributed by atoms with Crippen molar-refractivity contribution in [1.29, 1.82) is 0 Å². The zero-order chi connectivity index (χ0) is 22.0. The lowest BCUT2D eigenvalue weighted by Gasteiger charge is -2.38. The average Bonchev–Trinajstić information content (AvgIpc) is 2.81. The van der Waals surface area contributed by atoms with Crippen LogP contribution in [0.4, 0.5) is 23.0 Å². The molecule has 0 spiro atoms. The molecule has 0 amide bonds. The summed E-state index contributed by atoms with van der Waals surface area (Å²) in [5, 5.41) is 0. The number of methoxy groups -OCH3 is 1. The van der Waals surface area contributed by atoms with Crippen LogP contribution in [-0.4, -0.2) is 62.3 Å². The maximum atomic E-state index is 11.8. The number of rotatable bonds is 4. The topological polar surface area (TPSA) is 87.8 Å². The first-order chi connectivity index (χ1) is 15.0. The number of benzene rings is 1. The number of nitrogens with two attached hydrogens (primary N) is 1. The smallest absolute Gasteiger partial charge is 0.308 e. The Morgan fingerprint density at radius 1 is 0.968 bits per heavy atom. The third-order valence-corrected chi connectivity index (χ3v) is 6.67. The fourth-order valence-electron chi connectivity index (χ4n) is 4.61. The second-order valence-electron chi connectivity index (χ2n) is 8.41. The van der Waals surface area contributed by atoms with Crippen molar-refractivity contribution in [3.63, 3.8) is 0 Å². The lowest BCUT2D eigenvalue weighted by Crippen LogP contribution is -2.47. The molecule has 0 bridgehead atoms. The number of esters is 1. The van der Waals surface area contributed by atoms with E-state index < -0.39 is 0 Å². The summed E-state index contributed by atoms with van der Waals surface area (Å²) >= 11 is 0. The molecule has 0 aliphatic carbocycles. The molecular formula is C23H32N6O2. The minimum absolute atomic E-state index is 0.0399. The van der Waals surface area contributed by atoms with E-state index in [1.54, 1.807) is 6.33 Å². The Morgan fingerprint density at radius 2 is 1.55 bits per heavy atom. The Morgan fingerprint density at radius 3 is 2.16 bits per heavy atom. The highest BCUT2D eigenvalue weighted by Gasteiger charge is 2.29. The fraction of sp³-hybridized carbons (Fsp3) is 0.522. The van der Waals surface area contributed by atoms with Crippen LogP contribution in [0.15, 0.2) is 24.5 Å². The third-order valence-electron chi connectivity index (χ3n) is 6.67. The zero-order valence-electron chi connectivity index (χ0n) is 18.7. The van der Waals surface area contributed by atoms with Gasteiger partial charge in [-0.1, -0.05) is 12.1 Å². The molecule has 2 aromatic rings. The van der Waals surface area contributed by atoms with Crippen LogP contribution in [-0.2, 0) is 9.53 Å². The van der Waals surface area contributed by atoms with Crippen molar-refractivity contribution in [2.45, 2.75) is 26.7 Å². The molecule has 0 atom stereocenters. The molecule has 1 aromatic carbocycles. The third kappa shape index (κ3) is 4.24. The first-order valence-corrected chi connectivity index (χ1v) is 11.0. The maximum Gasteiger partial charge on any atom is 0.308 e. The van der Waals surface area contributed by atoms with Crippen molar-refractivity contribution in [3.05, 3.63) is 35.7 Å². The van der Waals surface area contributed by atoms with Crippen LogP contribution in [0.1, 0.15) is 24.0 Å². The van der Waals surface area contributed by atoms with Crippen molar-refractivity contribution in [3.8, 4) is 0 Å². The van der Waals surface area contributed by atoms with Gasteiger partial charge in [0, 0.05) is 45.0 Å². The van der Waals surface area contributed by atoms with Crippen LogP contribution < -0.4 is 20.4 Å². The Labute approximate surface area is 184 Å². The molecule has 166 valence electrons. The summed E-state index contributed by atoms with van der Waals surface area (Å²) in [6.45, 7) is 9.39. The molecule has 8 nitrogen and oxygen atoms in total. The highest BCUT2D eigenvalue weighted by Crippen LogP contribution is 2.33. The van der Waals surface area contributed by atoms with Crippen molar-refractivity contribution >= 4 is 29.0 Å². The number of carbonyl (C=O) groups excluding carboxylic acids is 1. The molecule has 0 saturated carbocycles. The standard InChI is InChI=1S/C23H32N6O2/c1-16-5-4-6-19(17(16)2)27-11-13-29(14-12-27)22-20(24)21(25-15-26-22)28-9-7-18(8-10-28)23(30)31-3/h4-6,15,18H,7-14,24H2,1-3H3. The largest absolute Gasteiger partial charge is 0.469 e. The van der Waals surface area contributed by atoms with E-state index in [9.17, 15) is 4.79 Å². The molecule has 0 radical (unpaired) electrons. The molecule has 8 heteroatoms. The second-order valence-corrected chi connectivity index (χ2v) is 8.41. The molecule has 1 aromatic heterocycles. The molecule has 31 heavy (non-hydrogen) atoms. The van der Waals surface area contributed by atoms with Crippen LogP contribution in [0, 0.1) is 19.8 Å². The van der Waals surface area contributed by atoms with Crippen LogP contribution in [0.5, 0.6) is 0 Å². The van der Waals surface area contributed by atoms with Gasteiger partial charge in [-0.3, -0.25) is 4.79 Å². The summed E-state index contributed by atoms with van der Waals surface area (Å²) in [5.74, 6) is 1.41. The van der Waals surface area contributed by atoms with Crippen molar-refractivity contribution in [2.75, 3.05) is 66.8 Å². The molecule has 2 N–H and O–H groups in total. The van der Waals surface area contributed by atoms with Gasteiger partial charge in [0.05, 0.1) is 13.0 Å². The van der Waals surface area contributed by atoms with Gasteiger partial charge >= 0.3 is 5.97 Å². The van der Waals surface area contributed by atoms with Crippen molar-refractivity contribution in [2.24, 2.45) is 5.92 Å². The van der Waals surface area contributed by atoms with Gasteiger partial charge in [0.1, 0.15) is 12.0 Å². The van der Waals surface area contributed by atoms with Gasteiger partial charge in [0.15, 0.2) is 11.6 Å². The van der Waals surface area contributed by atoms with E-state index in [4.69, 9.17) is 10.5 Å². The number of hydrogen-bond donors (Lipinski definition) is 1. The van der Waals surface area contributed by atoms with Gasteiger partial charge < -0.3 is 25.2 Å². The predicted molar refractivity (Wildman–Crippen MR) is 124 cm³/mol. The molecule has 0 unspecified atom stereocenters. The number of piperazine rings is 1. The first-order valence-electron chi connectivity index (χ1n) is 11.0. The van der Waals surface area contributed by atoms with Crippen molar-refractivity contribution in [1.82, 2.24) is 9.97 Å². The fourth-order valence-corrected chi connectivity index (χ4v) is 4.61. The first kappa shape index (κ1) is 21.2. The van der Waals surface area contributed by atoms with E-state index >= 15 is 0 Å². The summed E-state index contributed by atoms with van der Waals surface area (Å²) in [6.07, 6.45) is 3.10. The Balaban J connectivity index is 1.43. The number of anilines is 4. The Kier molecular flexibility index (Phi) is 6.15. The van der Waals surface area contributed by atoms with Gasteiger partial charge in [-0.05, 0) is 43.9 Å². The summed E-state index contributed by atoms with van der Waals surface area (Å²) in [7, 11) is 1.45. The number of piperidine rings is 1. The molecule has 2 saturated heterocycles. The number of aryl methyl sites for hydroxylation is 1. The predicted octanol–water partition coefficient (Wildman–Crippen LogP) is 2.39.